The van der Waals surface area contributed by atoms with E-state index in [2.05, 4.69) is 23.7 Å². The summed E-state index contributed by atoms with van der Waals surface area (Å²) in [5, 5.41) is 1.07. The molecule has 6 heteroatoms. The molecule has 0 saturated carbocycles. The van der Waals surface area contributed by atoms with E-state index in [1.165, 1.54) is 24.3 Å². The van der Waals surface area contributed by atoms with Crippen molar-refractivity contribution in [2.75, 3.05) is 14.2 Å². The summed E-state index contributed by atoms with van der Waals surface area (Å²) >= 11 is 1.70. The SMILES string of the molecule is COc1coc(CN(C)C(C)c2nc(C)sc2C)cc1=O. The molecular weight excluding hydrogens is 288 g/mol. The number of aryl methyl sites for hydroxylation is 2. The zero-order chi connectivity index (χ0) is 15.6. The fraction of sp³-hybridized carbons (Fsp3) is 0.467. The third kappa shape index (κ3) is 3.51. The monoisotopic (exact) mass is 308 g/mol. The van der Waals surface area contributed by atoms with Gasteiger partial charge in [-0.25, -0.2) is 4.98 Å². The van der Waals surface area contributed by atoms with E-state index in [1.54, 1.807) is 11.3 Å². The second-order valence-corrected chi connectivity index (χ2v) is 6.45. The van der Waals surface area contributed by atoms with Crippen LogP contribution in [-0.2, 0) is 6.54 Å². The molecule has 2 rings (SSSR count). The number of hydrogen-bond acceptors (Lipinski definition) is 6. The highest BCUT2D eigenvalue weighted by Crippen LogP contribution is 2.26. The lowest BCUT2D eigenvalue weighted by Gasteiger charge is -2.23. The lowest BCUT2D eigenvalue weighted by atomic mass is 10.2. The van der Waals surface area contributed by atoms with Gasteiger partial charge in [0.1, 0.15) is 12.0 Å². The summed E-state index contributed by atoms with van der Waals surface area (Å²) in [5.74, 6) is 0.833. The molecule has 2 heterocycles. The molecule has 5 nitrogen and oxygen atoms in total. The summed E-state index contributed by atoms with van der Waals surface area (Å²) < 4.78 is 10.3. The minimum atomic E-state index is -0.166. The molecule has 0 amide bonds. The third-order valence-corrected chi connectivity index (χ3v) is 4.38. The van der Waals surface area contributed by atoms with Gasteiger partial charge in [-0.15, -0.1) is 11.3 Å². The van der Waals surface area contributed by atoms with Crippen molar-refractivity contribution in [3.05, 3.63) is 43.9 Å². The molecule has 0 saturated heterocycles. The summed E-state index contributed by atoms with van der Waals surface area (Å²) in [6, 6.07) is 1.63. The van der Waals surface area contributed by atoms with Gasteiger partial charge in [0.15, 0.2) is 0 Å². The fourth-order valence-electron chi connectivity index (χ4n) is 2.19. The average Bonchev–Trinajstić information content (AvgIpc) is 2.77. The Morgan fingerprint density at radius 3 is 2.71 bits per heavy atom. The van der Waals surface area contributed by atoms with Crippen LogP contribution in [0.25, 0.3) is 0 Å². The molecule has 0 aliphatic heterocycles. The van der Waals surface area contributed by atoms with Gasteiger partial charge in [0.05, 0.1) is 30.4 Å². The zero-order valence-electron chi connectivity index (χ0n) is 13.0. The first-order valence-corrected chi connectivity index (χ1v) is 7.54. The van der Waals surface area contributed by atoms with Crippen LogP contribution in [0.3, 0.4) is 0 Å². The Morgan fingerprint density at radius 2 is 2.19 bits per heavy atom. The van der Waals surface area contributed by atoms with Gasteiger partial charge in [0.2, 0.25) is 11.2 Å². The van der Waals surface area contributed by atoms with Gasteiger partial charge < -0.3 is 9.15 Å². The first kappa shape index (κ1) is 15.7. The molecule has 21 heavy (non-hydrogen) atoms. The highest BCUT2D eigenvalue weighted by atomic mass is 32.1. The highest BCUT2D eigenvalue weighted by molar-refractivity contribution is 7.11. The molecular formula is C15H20N2O3S. The van der Waals surface area contributed by atoms with Gasteiger partial charge in [0.25, 0.3) is 0 Å². The van der Waals surface area contributed by atoms with E-state index in [-0.39, 0.29) is 17.2 Å². The smallest absolute Gasteiger partial charge is 0.227 e. The topological polar surface area (TPSA) is 55.6 Å². The second-order valence-electron chi connectivity index (χ2n) is 5.04. The number of nitrogens with zero attached hydrogens (tertiary/aromatic N) is 2. The number of hydrogen-bond donors (Lipinski definition) is 0. The van der Waals surface area contributed by atoms with Gasteiger partial charge in [-0.2, -0.15) is 0 Å². The Bertz CT molecular complexity index is 678. The molecule has 0 N–H and O–H groups in total. The van der Waals surface area contributed by atoms with Crippen LogP contribution in [0.15, 0.2) is 21.5 Å². The third-order valence-electron chi connectivity index (χ3n) is 3.47. The van der Waals surface area contributed by atoms with Crippen LogP contribution in [0.1, 0.15) is 34.3 Å². The van der Waals surface area contributed by atoms with Gasteiger partial charge >= 0.3 is 0 Å². The Kier molecular flexibility index (Phi) is 4.80. The summed E-state index contributed by atoms with van der Waals surface area (Å²) in [4.78, 5) is 19.6. The predicted molar refractivity (Wildman–Crippen MR) is 83.0 cm³/mol. The van der Waals surface area contributed by atoms with Crippen molar-refractivity contribution < 1.29 is 9.15 Å². The Labute approximate surface area is 128 Å². The maximum atomic E-state index is 11.7. The number of aromatic nitrogens is 1. The predicted octanol–water partition coefficient (Wildman–Crippen LogP) is 2.91. The van der Waals surface area contributed by atoms with E-state index in [0.717, 1.165) is 10.7 Å². The standard InChI is InChI=1S/C15H20N2O3S/c1-9(15-10(2)21-11(3)16-15)17(4)7-12-6-13(18)14(19-5)8-20-12/h6,8-9H,7H2,1-5H3. The van der Waals surface area contributed by atoms with Crippen LogP contribution in [0.5, 0.6) is 5.75 Å². The van der Waals surface area contributed by atoms with Crippen LogP contribution in [-0.4, -0.2) is 24.0 Å². The summed E-state index contributed by atoms with van der Waals surface area (Å²) in [7, 11) is 3.44. The molecule has 0 fully saturated rings. The van der Waals surface area contributed by atoms with Gasteiger partial charge in [-0.1, -0.05) is 0 Å². The van der Waals surface area contributed by atoms with Crippen LogP contribution in [0.4, 0.5) is 0 Å². The zero-order valence-corrected chi connectivity index (χ0v) is 13.8. The highest BCUT2D eigenvalue weighted by Gasteiger charge is 2.18. The minimum absolute atomic E-state index is 0.155. The number of thiazole rings is 1. The first-order valence-electron chi connectivity index (χ1n) is 6.72. The Hall–Kier alpha value is -1.66. The van der Waals surface area contributed by atoms with Crippen molar-refractivity contribution in [3.63, 3.8) is 0 Å². The normalized spacial score (nSPS) is 12.7. The van der Waals surface area contributed by atoms with Crippen LogP contribution in [0.2, 0.25) is 0 Å². The largest absolute Gasteiger partial charge is 0.490 e. The van der Waals surface area contributed by atoms with Crippen molar-refractivity contribution in [3.8, 4) is 5.75 Å². The molecule has 0 bridgehead atoms. The number of ether oxygens (including phenoxy) is 1. The molecule has 114 valence electrons. The van der Waals surface area contributed by atoms with Crippen molar-refractivity contribution >= 4 is 11.3 Å². The fourth-order valence-corrected chi connectivity index (χ4v) is 3.10. The maximum absolute atomic E-state index is 11.7. The van der Waals surface area contributed by atoms with Crippen LogP contribution in [0, 0.1) is 13.8 Å². The molecule has 0 aromatic carbocycles. The summed E-state index contributed by atoms with van der Waals surface area (Å²) in [6.45, 7) is 6.73. The van der Waals surface area contributed by atoms with Crippen molar-refractivity contribution in [1.82, 2.24) is 9.88 Å². The lowest BCUT2D eigenvalue weighted by molar-refractivity contribution is 0.225. The minimum Gasteiger partial charge on any atom is -0.490 e. The maximum Gasteiger partial charge on any atom is 0.227 e. The second kappa shape index (κ2) is 6.41. The lowest BCUT2D eigenvalue weighted by Crippen LogP contribution is -2.23. The molecule has 0 spiro atoms. The summed E-state index contributed by atoms with van der Waals surface area (Å²) in [5.41, 5.74) is 0.913. The van der Waals surface area contributed by atoms with E-state index in [1.807, 2.05) is 14.0 Å². The summed E-state index contributed by atoms with van der Waals surface area (Å²) in [6.07, 6.45) is 1.36. The van der Waals surface area contributed by atoms with E-state index in [0.29, 0.717) is 12.3 Å². The van der Waals surface area contributed by atoms with E-state index >= 15 is 0 Å². The number of methoxy groups -OCH3 is 1. The van der Waals surface area contributed by atoms with E-state index in [9.17, 15) is 4.79 Å². The first-order chi connectivity index (χ1) is 9.92. The van der Waals surface area contributed by atoms with E-state index in [4.69, 9.17) is 9.15 Å². The van der Waals surface area contributed by atoms with Gasteiger partial charge in [-0.05, 0) is 27.8 Å². The van der Waals surface area contributed by atoms with Crippen molar-refractivity contribution in [2.24, 2.45) is 0 Å². The molecule has 0 aliphatic carbocycles. The quantitative estimate of drug-likeness (QED) is 0.850. The molecule has 0 radical (unpaired) electrons. The number of rotatable bonds is 5. The van der Waals surface area contributed by atoms with Gasteiger partial charge in [0, 0.05) is 10.9 Å². The van der Waals surface area contributed by atoms with Crippen LogP contribution >= 0.6 is 11.3 Å². The molecule has 2 aromatic rings. The molecule has 1 atom stereocenters. The van der Waals surface area contributed by atoms with Crippen LogP contribution < -0.4 is 10.2 Å². The Morgan fingerprint density at radius 1 is 1.48 bits per heavy atom. The molecule has 2 aromatic heterocycles. The molecule has 0 aliphatic rings. The van der Waals surface area contributed by atoms with Crippen molar-refractivity contribution in [2.45, 2.75) is 33.4 Å². The Balaban J connectivity index is 2.14. The van der Waals surface area contributed by atoms with Gasteiger partial charge in [-0.3, -0.25) is 9.69 Å². The van der Waals surface area contributed by atoms with E-state index < -0.39 is 0 Å². The van der Waals surface area contributed by atoms with Crippen molar-refractivity contribution in [1.29, 1.82) is 0 Å². The molecule has 1 unspecified atom stereocenters. The average molecular weight is 308 g/mol.